The molecule has 4 nitrogen and oxygen atoms in total. The number of nitrogens with one attached hydrogen (secondary N) is 1. The van der Waals surface area contributed by atoms with Crippen LogP contribution < -0.4 is 5.32 Å². The summed E-state index contributed by atoms with van der Waals surface area (Å²) in [5, 5.41) is 5.22. The highest BCUT2D eigenvalue weighted by molar-refractivity contribution is 7.91. The van der Waals surface area contributed by atoms with Gasteiger partial charge in [0.05, 0.1) is 22.7 Å². The number of rotatable bonds is 3. The molecule has 2 heterocycles. The topological polar surface area (TPSA) is 59.1 Å². The Hall–Kier alpha value is -0.460. The molecule has 84 valence electrons. The van der Waals surface area contributed by atoms with Crippen LogP contribution >= 0.6 is 11.3 Å². The van der Waals surface area contributed by atoms with Crippen molar-refractivity contribution in [1.82, 2.24) is 10.3 Å². The van der Waals surface area contributed by atoms with Gasteiger partial charge < -0.3 is 5.32 Å². The van der Waals surface area contributed by atoms with E-state index in [0.717, 1.165) is 18.5 Å². The molecule has 0 aromatic carbocycles. The Balaban J connectivity index is 1.85. The zero-order chi connectivity index (χ0) is 10.7. The summed E-state index contributed by atoms with van der Waals surface area (Å²) in [5.41, 5.74) is 2.78. The largest absolute Gasteiger partial charge is 0.307 e. The molecule has 0 amide bonds. The van der Waals surface area contributed by atoms with Crippen molar-refractivity contribution >= 4 is 21.2 Å². The molecular weight excluding hydrogens is 232 g/mol. The third kappa shape index (κ3) is 3.25. The van der Waals surface area contributed by atoms with Crippen LogP contribution in [0.15, 0.2) is 10.9 Å². The monoisotopic (exact) mass is 246 g/mol. The van der Waals surface area contributed by atoms with Gasteiger partial charge in [-0.1, -0.05) is 0 Å². The van der Waals surface area contributed by atoms with Crippen molar-refractivity contribution in [3.8, 4) is 0 Å². The zero-order valence-electron chi connectivity index (χ0n) is 8.35. The van der Waals surface area contributed by atoms with Crippen LogP contribution in [0.5, 0.6) is 0 Å². The molecule has 0 spiro atoms. The molecule has 1 aliphatic heterocycles. The molecular formula is C9H14N2O2S2. The summed E-state index contributed by atoms with van der Waals surface area (Å²) >= 11 is 1.56. The highest BCUT2D eigenvalue weighted by Crippen LogP contribution is 2.12. The Morgan fingerprint density at radius 1 is 1.60 bits per heavy atom. The predicted octanol–water partition coefficient (Wildman–Crippen LogP) is 0.810. The van der Waals surface area contributed by atoms with Crippen LogP contribution in [0.4, 0.5) is 0 Å². The first-order chi connectivity index (χ1) is 7.16. The molecule has 0 bridgehead atoms. The van der Waals surface area contributed by atoms with Crippen LogP contribution in [-0.4, -0.2) is 30.9 Å². The third-order valence-corrected chi connectivity index (χ3v) is 4.97. The molecule has 1 atom stereocenters. The first-order valence-electron chi connectivity index (χ1n) is 4.96. The van der Waals surface area contributed by atoms with E-state index in [1.54, 1.807) is 16.8 Å². The average Bonchev–Trinajstić information content (AvgIpc) is 2.65. The highest BCUT2D eigenvalue weighted by Gasteiger charge is 2.24. The molecule has 0 aliphatic carbocycles. The minimum absolute atomic E-state index is 0.102. The quantitative estimate of drug-likeness (QED) is 0.857. The minimum atomic E-state index is -2.80. The normalized spacial score (nSPS) is 25.2. The van der Waals surface area contributed by atoms with Gasteiger partial charge in [0.2, 0.25) is 0 Å². The smallest absolute Gasteiger partial charge is 0.151 e. The van der Waals surface area contributed by atoms with Crippen LogP contribution in [0.1, 0.15) is 18.5 Å². The Labute approximate surface area is 93.7 Å². The first kappa shape index (κ1) is 11.0. The second-order valence-corrected chi connectivity index (χ2v) is 6.76. The summed E-state index contributed by atoms with van der Waals surface area (Å²) in [7, 11) is -2.80. The van der Waals surface area contributed by atoms with Crippen molar-refractivity contribution in [3.63, 3.8) is 0 Å². The van der Waals surface area contributed by atoms with E-state index in [4.69, 9.17) is 0 Å². The highest BCUT2D eigenvalue weighted by atomic mass is 32.2. The molecule has 1 saturated heterocycles. The van der Waals surface area contributed by atoms with Gasteiger partial charge in [-0.15, -0.1) is 11.3 Å². The van der Waals surface area contributed by atoms with Crippen molar-refractivity contribution in [2.75, 3.05) is 11.5 Å². The van der Waals surface area contributed by atoms with E-state index in [-0.39, 0.29) is 11.8 Å². The summed E-state index contributed by atoms with van der Waals surface area (Å²) in [6.45, 7) is 0.670. The summed E-state index contributed by atoms with van der Waals surface area (Å²) in [5.74, 6) is 0.624. The van der Waals surface area contributed by atoms with Crippen molar-refractivity contribution < 1.29 is 8.42 Å². The number of hydrogen-bond acceptors (Lipinski definition) is 5. The summed E-state index contributed by atoms with van der Waals surface area (Å²) < 4.78 is 22.7. The Bertz CT molecular complexity index is 400. The molecule has 15 heavy (non-hydrogen) atoms. The second kappa shape index (κ2) is 4.59. The van der Waals surface area contributed by atoms with E-state index in [1.807, 2.05) is 5.38 Å². The van der Waals surface area contributed by atoms with Gasteiger partial charge in [0, 0.05) is 18.0 Å². The van der Waals surface area contributed by atoms with Crippen molar-refractivity contribution in [1.29, 1.82) is 0 Å². The molecule has 1 aliphatic rings. The SMILES string of the molecule is O=S1(=O)CCCC(NCc2cscn2)C1. The van der Waals surface area contributed by atoms with E-state index < -0.39 is 9.84 Å². The lowest BCUT2D eigenvalue weighted by molar-refractivity contribution is 0.478. The summed E-state index contributed by atoms with van der Waals surface area (Å²) in [6, 6.07) is 0.102. The van der Waals surface area contributed by atoms with E-state index in [2.05, 4.69) is 10.3 Å². The Morgan fingerprint density at radius 2 is 2.47 bits per heavy atom. The third-order valence-electron chi connectivity index (χ3n) is 2.52. The fourth-order valence-corrected chi connectivity index (χ4v) is 3.99. The maximum Gasteiger partial charge on any atom is 0.151 e. The van der Waals surface area contributed by atoms with Crippen LogP contribution in [0.25, 0.3) is 0 Å². The van der Waals surface area contributed by atoms with Crippen LogP contribution in [-0.2, 0) is 16.4 Å². The standard InChI is InChI=1S/C9H14N2O2S2/c12-15(13)3-1-2-8(6-15)10-4-9-5-14-7-11-9/h5,7-8,10H,1-4,6H2. The van der Waals surface area contributed by atoms with Gasteiger partial charge in [-0.25, -0.2) is 13.4 Å². The lowest BCUT2D eigenvalue weighted by atomic mass is 10.2. The number of thiazole rings is 1. The lowest BCUT2D eigenvalue weighted by Crippen LogP contribution is -2.39. The van der Waals surface area contributed by atoms with Gasteiger partial charge in [-0.05, 0) is 12.8 Å². The molecule has 0 radical (unpaired) electrons. The van der Waals surface area contributed by atoms with Crippen LogP contribution in [0, 0.1) is 0 Å². The fourth-order valence-electron chi connectivity index (χ4n) is 1.76. The molecule has 1 fully saturated rings. The molecule has 2 rings (SSSR count). The molecule has 6 heteroatoms. The van der Waals surface area contributed by atoms with Crippen molar-refractivity contribution in [3.05, 3.63) is 16.6 Å². The van der Waals surface area contributed by atoms with Gasteiger partial charge >= 0.3 is 0 Å². The van der Waals surface area contributed by atoms with Gasteiger partial charge in [0.15, 0.2) is 9.84 Å². The second-order valence-electron chi connectivity index (χ2n) is 3.81. The molecule has 1 unspecified atom stereocenters. The van der Waals surface area contributed by atoms with Crippen molar-refractivity contribution in [2.24, 2.45) is 0 Å². The minimum Gasteiger partial charge on any atom is -0.307 e. The molecule has 0 saturated carbocycles. The fraction of sp³-hybridized carbons (Fsp3) is 0.667. The zero-order valence-corrected chi connectivity index (χ0v) is 9.98. The number of nitrogens with zero attached hydrogens (tertiary/aromatic N) is 1. The van der Waals surface area contributed by atoms with E-state index in [9.17, 15) is 8.42 Å². The van der Waals surface area contributed by atoms with E-state index in [0.29, 0.717) is 12.3 Å². The predicted molar refractivity (Wildman–Crippen MR) is 60.6 cm³/mol. The van der Waals surface area contributed by atoms with Crippen LogP contribution in [0.3, 0.4) is 0 Å². The van der Waals surface area contributed by atoms with E-state index >= 15 is 0 Å². The first-order valence-corrected chi connectivity index (χ1v) is 7.73. The van der Waals surface area contributed by atoms with Gasteiger partial charge in [-0.2, -0.15) is 0 Å². The van der Waals surface area contributed by atoms with Gasteiger partial charge in [-0.3, -0.25) is 0 Å². The Kier molecular flexibility index (Phi) is 3.38. The number of hydrogen-bond donors (Lipinski definition) is 1. The van der Waals surface area contributed by atoms with E-state index in [1.165, 1.54) is 0 Å². The summed E-state index contributed by atoms with van der Waals surface area (Å²) in [6.07, 6.45) is 1.72. The number of aromatic nitrogens is 1. The van der Waals surface area contributed by atoms with Crippen LogP contribution in [0.2, 0.25) is 0 Å². The lowest BCUT2D eigenvalue weighted by Gasteiger charge is -2.22. The van der Waals surface area contributed by atoms with Gasteiger partial charge in [0.1, 0.15) is 0 Å². The maximum absolute atomic E-state index is 11.4. The number of sulfone groups is 1. The molecule has 1 N–H and O–H groups in total. The molecule has 1 aromatic rings. The Morgan fingerprint density at radius 3 is 3.13 bits per heavy atom. The molecule has 1 aromatic heterocycles. The maximum atomic E-state index is 11.4. The van der Waals surface area contributed by atoms with Crippen molar-refractivity contribution in [2.45, 2.75) is 25.4 Å². The average molecular weight is 246 g/mol. The van der Waals surface area contributed by atoms with Gasteiger partial charge in [0.25, 0.3) is 0 Å². The summed E-state index contributed by atoms with van der Waals surface area (Å²) in [4.78, 5) is 4.14.